The fourth-order valence-electron chi connectivity index (χ4n) is 4.43. The van der Waals surface area contributed by atoms with Crippen LogP contribution in [0.1, 0.15) is 22.4 Å². The van der Waals surface area contributed by atoms with Crippen LogP contribution in [-0.2, 0) is 10.0 Å². The van der Waals surface area contributed by atoms with E-state index in [4.69, 9.17) is 0 Å². The molecule has 1 heterocycles. The van der Waals surface area contributed by atoms with E-state index in [0.29, 0.717) is 5.16 Å². The van der Waals surface area contributed by atoms with Gasteiger partial charge in [0.15, 0.2) is 0 Å². The van der Waals surface area contributed by atoms with Gasteiger partial charge in [0.05, 0.1) is 21.9 Å². The molecule has 0 aliphatic heterocycles. The summed E-state index contributed by atoms with van der Waals surface area (Å²) < 4.78 is 31.3. The average Bonchev–Trinajstić information content (AvgIpc) is 3.45. The van der Waals surface area contributed by atoms with Gasteiger partial charge in [-0.25, -0.2) is 13.1 Å². The first kappa shape index (κ1) is 21.0. The van der Waals surface area contributed by atoms with Gasteiger partial charge in [-0.1, -0.05) is 84.6 Å². The Labute approximate surface area is 200 Å². The van der Waals surface area contributed by atoms with Crippen LogP contribution in [0.25, 0.3) is 16.5 Å². The Kier molecular flexibility index (Phi) is 5.17. The van der Waals surface area contributed by atoms with E-state index in [-0.39, 0.29) is 10.1 Å². The fraction of sp³-hybridized carbons (Fsp3) is 0.0800. The highest BCUT2D eigenvalue weighted by Gasteiger charge is 2.39. The molecule has 5 aromatic rings. The Bertz CT molecular complexity index is 1580. The minimum atomic E-state index is -3.75. The van der Waals surface area contributed by atoms with Crippen molar-refractivity contribution in [1.82, 2.24) is 24.9 Å². The normalized spacial score (nSPS) is 17.3. The SMILES string of the molecule is O=S(=O)(N[C@@H]1c2cccc3cccc(c23)[C@H]1Sc1nnnn1-c1ccccc1)c1ccccc1. The third-order valence-electron chi connectivity index (χ3n) is 5.92. The number of aromatic nitrogens is 4. The van der Waals surface area contributed by atoms with Gasteiger partial charge in [0, 0.05) is 0 Å². The Hall–Kier alpha value is -3.53. The molecule has 0 fully saturated rings. The zero-order chi connectivity index (χ0) is 23.1. The molecule has 4 aromatic carbocycles. The monoisotopic (exact) mass is 485 g/mol. The molecule has 2 atom stereocenters. The van der Waals surface area contributed by atoms with Crippen LogP contribution in [0.15, 0.2) is 107 Å². The maximum absolute atomic E-state index is 13.3. The summed E-state index contributed by atoms with van der Waals surface area (Å²) in [4.78, 5) is 0.232. The van der Waals surface area contributed by atoms with Gasteiger partial charge in [-0.15, -0.1) is 5.10 Å². The fourth-order valence-corrected chi connectivity index (χ4v) is 6.99. The second-order valence-electron chi connectivity index (χ2n) is 7.95. The predicted molar refractivity (Wildman–Crippen MR) is 131 cm³/mol. The predicted octanol–water partition coefficient (Wildman–Crippen LogP) is 4.68. The zero-order valence-electron chi connectivity index (χ0n) is 17.8. The van der Waals surface area contributed by atoms with Gasteiger partial charge in [0.25, 0.3) is 0 Å². The van der Waals surface area contributed by atoms with E-state index in [2.05, 4.69) is 26.3 Å². The van der Waals surface area contributed by atoms with Gasteiger partial charge < -0.3 is 0 Å². The number of hydrogen-bond donors (Lipinski definition) is 1. The van der Waals surface area contributed by atoms with E-state index in [1.165, 1.54) is 11.8 Å². The maximum atomic E-state index is 13.3. The highest BCUT2D eigenvalue weighted by molar-refractivity contribution is 7.99. The lowest BCUT2D eigenvalue weighted by Gasteiger charge is -2.22. The number of hydrogen-bond acceptors (Lipinski definition) is 6. The molecule has 0 radical (unpaired) electrons. The highest BCUT2D eigenvalue weighted by Crippen LogP contribution is 2.53. The van der Waals surface area contributed by atoms with Crippen LogP contribution in [0.5, 0.6) is 0 Å². The van der Waals surface area contributed by atoms with Gasteiger partial charge in [-0.2, -0.15) is 4.68 Å². The van der Waals surface area contributed by atoms with Crippen molar-refractivity contribution in [3.8, 4) is 5.69 Å². The summed E-state index contributed by atoms with van der Waals surface area (Å²) in [5, 5.41) is 14.8. The minimum Gasteiger partial charge on any atom is -0.207 e. The van der Waals surface area contributed by atoms with Crippen LogP contribution in [-0.4, -0.2) is 28.6 Å². The lowest BCUT2D eigenvalue weighted by atomic mass is 10.1. The van der Waals surface area contributed by atoms with Crippen molar-refractivity contribution < 1.29 is 8.42 Å². The number of benzene rings is 4. The molecule has 0 unspecified atom stereocenters. The van der Waals surface area contributed by atoms with Crippen LogP contribution in [0.4, 0.5) is 0 Å². The Morgan fingerprint density at radius 1 is 0.794 bits per heavy atom. The first-order chi connectivity index (χ1) is 16.6. The summed E-state index contributed by atoms with van der Waals surface area (Å²) in [7, 11) is -3.75. The largest absolute Gasteiger partial charge is 0.241 e. The van der Waals surface area contributed by atoms with E-state index < -0.39 is 16.1 Å². The molecule has 7 nitrogen and oxygen atoms in total. The number of rotatable bonds is 6. The summed E-state index contributed by atoms with van der Waals surface area (Å²) in [5.74, 6) is 0. The number of thioether (sulfide) groups is 1. The molecule has 9 heteroatoms. The number of tetrazole rings is 1. The second kappa shape index (κ2) is 8.35. The van der Waals surface area contributed by atoms with Crippen molar-refractivity contribution in [3.63, 3.8) is 0 Å². The van der Waals surface area contributed by atoms with E-state index >= 15 is 0 Å². The average molecular weight is 486 g/mol. The molecule has 6 rings (SSSR count). The van der Waals surface area contributed by atoms with Gasteiger partial charge in [-0.3, -0.25) is 0 Å². The lowest BCUT2D eigenvalue weighted by Crippen LogP contribution is -2.30. The van der Waals surface area contributed by atoms with Crippen LogP contribution >= 0.6 is 11.8 Å². The molecule has 0 amide bonds. The topological polar surface area (TPSA) is 89.8 Å². The Morgan fingerprint density at radius 2 is 1.47 bits per heavy atom. The maximum Gasteiger partial charge on any atom is 0.241 e. The molecule has 0 saturated heterocycles. The van der Waals surface area contributed by atoms with E-state index in [9.17, 15) is 8.42 Å². The third kappa shape index (κ3) is 3.58. The van der Waals surface area contributed by atoms with Crippen molar-refractivity contribution in [1.29, 1.82) is 0 Å². The molecular formula is C25H19N5O2S2. The molecule has 1 N–H and O–H groups in total. The molecule has 0 spiro atoms. The smallest absolute Gasteiger partial charge is 0.207 e. The van der Waals surface area contributed by atoms with E-state index in [1.807, 2.05) is 60.7 Å². The van der Waals surface area contributed by atoms with Gasteiger partial charge in [0.1, 0.15) is 0 Å². The van der Waals surface area contributed by atoms with Crippen LogP contribution in [0.2, 0.25) is 0 Å². The standard InChI is InChI=1S/C25H19N5O2S2/c31-34(32,19-13-5-2-6-14-19)27-23-20-15-7-9-17-10-8-16-21(22(17)20)24(23)33-25-26-28-29-30(25)18-11-3-1-4-12-18/h1-16,23-24,27H/t23-,24-/m1/s1. The lowest BCUT2D eigenvalue weighted by molar-refractivity contribution is 0.557. The summed E-state index contributed by atoms with van der Waals surface area (Å²) in [6.45, 7) is 0. The molecule has 0 saturated carbocycles. The van der Waals surface area contributed by atoms with E-state index in [0.717, 1.165) is 27.6 Å². The molecular weight excluding hydrogens is 466 g/mol. The highest BCUT2D eigenvalue weighted by atomic mass is 32.2. The van der Waals surface area contributed by atoms with Gasteiger partial charge >= 0.3 is 0 Å². The Morgan fingerprint density at radius 3 is 2.21 bits per heavy atom. The Balaban J connectivity index is 1.44. The number of nitrogens with zero attached hydrogens (tertiary/aromatic N) is 4. The number of sulfonamides is 1. The van der Waals surface area contributed by atoms with Gasteiger partial charge in [-0.05, 0) is 56.6 Å². The second-order valence-corrected chi connectivity index (χ2v) is 10.8. The number of nitrogens with one attached hydrogen (secondary N) is 1. The van der Waals surface area contributed by atoms with Crippen molar-refractivity contribution in [3.05, 3.63) is 108 Å². The van der Waals surface area contributed by atoms with Crippen LogP contribution in [0.3, 0.4) is 0 Å². The molecule has 34 heavy (non-hydrogen) atoms. The summed E-state index contributed by atoms with van der Waals surface area (Å²) >= 11 is 1.45. The molecule has 1 aliphatic rings. The van der Waals surface area contributed by atoms with Crippen LogP contribution in [0, 0.1) is 0 Å². The molecule has 1 aromatic heterocycles. The first-order valence-electron chi connectivity index (χ1n) is 10.7. The van der Waals surface area contributed by atoms with Gasteiger partial charge in [0.2, 0.25) is 15.2 Å². The van der Waals surface area contributed by atoms with Crippen molar-refractivity contribution in [2.45, 2.75) is 21.3 Å². The summed E-state index contributed by atoms with van der Waals surface area (Å²) in [5.41, 5.74) is 2.84. The van der Waals surface area contributed by atoms with Crippen LogP contribution < -0.4 is 4.72 Å². The molecule has 1 aliphatic carbocycles. The van der Waals surface area contributed by atoms with Crippen molar-refractivity contribution in [2.24, 2.45) is 0 Å². The molecule has 0 bridgehead atoms. The number of para-hydroxylation sites is 1. The zero-order valence-corrected chi connectivity index (χ0v) is 19.4. The minimum absolute atomic E-state index is 0.232. The van der Waals surface area contributed by atoms with E-state index in [1.54, 1.807) is 35.0 Å². The van der Waals surface area contributed by atoms with Crippen molar-refractivity contribution in [2.75, 3.05) is 0 Å². The molecule has 168 valence electrons. The quantitative estimate of drug-likeness (QED) is 0.376. The summed E-state index contributed by atoms with van der Waals surface area (Å²) in [6, 6.07) is 29.7. The third-order valence-corrected chi connectivity index (χ3v) is 8.63. The van der Waals surface area contributed by atoms with Crippen molar-refractivity contribution >= 4 is 32.6 Å². The summed E-state index contributed by atoms with van der Waals surface area (Å²) in [6.07, 6.45) is 0. The first-order valence-corrected chi connectivity index (χ1v) is 13.1.